The van der Waals surface area contributed by atoms with Crippen molar-refractivity contribution >= 4 is 0 Å². The largest absolute Gasteiger partial charge is 0.497 e. The van der Waals surface area contributed by atoms with Crippen molar-refractivity contribution in [3.8, 4) is 5.75 Å². The zero-order valence-electron chi connectivity index (χ0n) is 11.0. The molecule has 3 rings (SSSR count). The van der Waals surface area contributed by atoms with Crippen LogP contribution in [0.1, 0.15) is 23.6 Å². The number of aromatic nitrogens is 3. The number of nitrogens with two attached hydrogens (primary N) is 1. The molecule has 2 aromatic rings. The summed E-state index contributed by atoms with van der Waals surface area (Å²) in [5.74, 6) is 2.89. The molecule has 2 heterocycles. The third-order valence-corrected chi connectivity index (χ3v) is 3.57. The van der Waals surface area contributed by atoms with E-state index in [1.54, 1.807) is 7.11 Å². The fraction of sp³-hybridized carbons (Fsp3) is 0.429. The third-order valence-electron chi connectivity index (χ3n) is 3.57. The van der Waals surface area contributed by atoms with Crippen LogP contribution in [0.4, 0.5) is 0 Å². The van der Waals surface area contributed by atoms with E-state index < -0.39 is 0 Å². The van der Waals surface area contributed by atoms with E-state index in [1.165, 1.54) is 5.56 Å². The number of hydrogen-bond donors (Lipinski definition) is 1. The van der Waals surface area contributed by atoms with Crippen LogP contribution in [0.15, 0.2) is 24.3 Å². The third kappa shape index (κ3) is 2.46. The highest BCUT2D eigenvalue weighted by Crippen LogP contribution is 2.18. The van der Waals surface area contributed by atoms with E-state index in [-0.39, 0.29) is 6.04 Å². The zero-order chi connectivity index (χ0) is 13.2. The van der Waals surface area contributed by atoms with Crippen molar-refractivity contribution in [1.82, 2.24) is 14.8 Å². The molecular formula is C14H18N4O. The Labute approximate surface area is 112 Å². The minimum Gasteiger partial charge on any atom is -0.497 e. The molecule has 1 aromatic heterocycles. The van der Waals surface area contributed by atoms with Gasteiger partial charge in [0.2, 0.25) is 0 Å². The first-order chi connectivity index (χ1) is 9.26. The Morgan fingerprint density at radius 3 is 3.16 bits per heavy atom. The summed E-state index contributed by atoms with van der Waals surface area (Å²) in [6.07, 6.45) is 2.60. The van der Waals surface area contributed by atoms with Crippen molar-refractivity contribution in [1.29, 1.82) is 0 Å². The summed E-state index contributed by atoms with van der Waals surface area (Å²) in [4.78, 5) is 0. The van der Waals surface area contributed by atoms with Crippen LogP contribution in [0.25, 0.3) is 0 Å². The maximum atomic E-state index is 5.95. The predicted octanol–water partition coefficient (Wildman–Crippen LogP) is 1.15. The van der Waals surface area contributed by atoms with Gasteiger partial charge in [-0.3, -0.25) is 0 Å². The van der Waals surface area contributed by atoms with E-state index >= 15 is 0 Å². The fourth-order valence-electron chi connectivity index (χ4n) is 2.51. The summed E-state index contributed by atoms with van der Waals surface area (Å²) in [6.45, 7) is 0.919. The van der Waals surface area contributed by atoms with Gasteiger partial charge in [0.1, 0.15) is 17.4 Å². The smallest absolute Gasteiger partial charge is 0.137 e. The molecule has 1 aromatic carbocycles. The Kier molecular flexibility index (Phi) is 3.21. The summed E-state index contributed by atoms with van der Waals surface area (Å²) < 4.78 is 7.44. The predicted molar refractivity (Wildman–Crippen MR) is 72.1 cm³/mol. The minimum atomic E-state index is 0.223. The highest BCUT2D eigenvalue weighted by molar-refractivity contribution is 5.30. The first-order valence-corrected chi connectivity index (χ1v) is 6.55. The molecule has 100 valence electrons. The second-order valence-corrected chi connectivity index (χ2v) is 4.97. The molecular weight excluding hydrogens is 240 g/mol. The van der Waals surface area contributed by atoms with Gasteiger partial charge in [-0.2, -0.15) is 0 Å². The van der Waals surface area contributed by atoms with E-state index in [4.69, 9.17) is 10.5 Å². The maximum absolute atomic E-state index is 5.95. The van der Waals surface area contributed by atoms with Gasteiger partial charge in [-0.1, -0.05) is 12.1 Å². The van der Waals surface area contributed by atoms with Crippen LogP contribution in [0.5, 0.6) is 5.75 Å². The van der Waals surface area contributed by atoms with Gasteiger partial charge in [-0.15, -0.1) is 10.2 Å². The van der Waals surface area contributed by atoms with Crippen molar-refractivity contribution in [2.24, 2.45) is 5.73 Å². The average Bonchev–Trinajstić information content (AvgIpc) is 2.81. The van der Waals surface area contributed by atoms with E-state index in [9.17, 15) is 0 Å². The number of benzene rings is 1. The molecule has 2 N–H and O–H groups in total. The lowest BCUT2D eigenvalue weighted by molar-refractivity contribution is 0.414. The summed E-state index contributed by atoms with van der Waals surface area (Å²) in [5.41, 5.74) is 7.14. The SMILES string of the molecule is COc1cccc(Cc2nnc3n2CCC(N)C3)c1. The van der Waals surface area contributed by atoms with Gasteiger partial charge in [0.15, 0.2) is 0 Å². The Morgan fingerprint density at radius 2 is 2.32 bits per heavy atom. The quantitative estimate of drug-likeness (QED) is 0.897. The van der Waals surface area contributed by atoms with E-state index in [2.05, 4.69) is 20.8 Å². The standard InChI is InChI=1S/C14H18N4O/c1-19-12-4-2-3-10(7-12)8-13-16-17-14-9-11(15)5-6-18(13)14/h2-4,7,11H,5-6,8-9,15H2,1H3. The second kappa shape index (κ2) is 5.01. The van der Waals surface area contributed by atoms with Crippen molar-refractivity contribution in [2.75, 3.05) is 7.11 Å². The Bertz CT molecular complexity index is 579. The molecule has 0 saturated heterocycles. The molecule has 5 heteroatoms. The van der Waals surface area contributed by atoms with Crippen LogP contribution in [0.2, 0.25) is 0 Å². The number of ether oxygens (including phenoxy) is 1. The highest BCUT2D eigenvalue weighted by Gasteiger charge is 2.20. The molecule has 1 aliphatic rings. The molecule has 0 bridgehead atoms. The average molecular weight is 258 g/mol. The van der Waals surface area contributed by atoms with Crippen molar-refractivity contribution in [2.45, 2.75) is 31.8 Å². The summed E-state index contributed by atoms with van der Waals surface area (Å²) in [5, 5.41) is 8.55. The highest BCUT2D eigenvalue weighted by atomic mass is 16.5. The summed E-state index contributed by atoms with van der Waals surface area (Å²) in [6, 6.07) is 8.29. The zero-order valence-corrected chi connectivity index (χ0v) is 11.0. The molecule has 0 radical (unpaired) electrons. The lowest BCUT2D eigenvalue weighted by atomic mass is 10.1. The number of rotatable bonds is 3. The van der Waals surface area contributed by atoms with Crippen molar-refractivity contribution in [3.63, 3.8) is 0 Å². The van der Waals surface area contributed by atoms with E-state index in [0.29, 0.717) is 0 Å². The molecule has 0 fully saturated rings. The van der Waals surface area contributed by atoms with Crippen LogP contribution in [-0.4, -0.2) is 27.9 Å². The molecule has 1 unspecified atom stereocenters. The van der Waals surface area contributed by atoms with Gasteiger partial charge < -0.3 is 15.0 Å². The van der Waals surface area contributed by atoms with Crippen LogP contribution in [0.3, 0.4) is 0 Å². The number of nitrogens with zero attached hydrogens (tertiary/aromatic N) is 3. The van der Waals surface area contributed by atoms with Gasteiger partial charge in [0, 0.05) is 25.4 Å². The van der Waals surface area contributed by atoms with Gasteiger partial charge >= 0.3 is 0 Å². The molecule has 19 heavy (non-hydrogen) atoms. The van der Waals surface area contributed by atoms with Gasteiger partial charge in [0.05, 0.1) is 7.11 Å². The number of hydrogen-bond acceptors (Lipinski definition) is 4. The fourth-order valence-corrected chi connectivity index (χ4v) is 2.51. The van der Waals surface area contributed by atoms with Gasteiger partial charge in [0.25, 0.3) is 0 Å². The molecule has 1 aliphatic heterocycles. The topological polar surface area (TPSA) is 66.0 Å². The minimum absolute atomic E-state index is 0.223. The number of fused-ring (bicyclic) bond motifs is 1. The Hall–Kier alpha value is -1.88. The Morgan fingerprint density at radius 1 is 1.42 bits per heavy atom. The van der Waals surface area contributed by atoms with Crippen molar-refractivity contribution in [3.05, 3.63) is 41.5 Å². The molecule has 0 aliphatic carbocycles. The van der Waals surface area contributed by atoms with Gasteiger partial charge in [-0.25, -0.2) is 0 Å². The maximum Gasteiger partial charge on any atom is 0.137 e. The van der Waals surface area contributed by atoms with E-state index in [0.717, 1.165) is 43.2 Å². The summed E-state index contributed by atoms with van der Waals surface area (Å²) >= 11 is 0. The van der Waals surface area contributed by atoms with E-state index in [1.807, 2.05) is 18.2 Å². The molecule has 0 saturated carbocycles. The lowest BCUT2D eigenvalue weighted by Crippen LogP contribution is -2.31. The number of methoxy groups -OCH3 is 1. The normalized spacial score (nSPS) is 18.1. The van der Waals surface area contributed by atoms with Crippen LogP contribution < -0.4 is 10.5 Å². The second-order valence-electron chi connectivity index (χ2n) is 4.97. The van der Waals surface area contributed by atoms with Crippen molar-refractivity contribution < 1.29 is 4.74 Å². The lowest BCUT2D eigenvalue weighted by Gasteiger charge is -2.20. The molecule has 5 nitrogen and oxygen atoms in total. The molecule has 0 amide bonds. The van der Waals surface area contributed by atoms with Gasteiger partial charge in [-0.05, 0) is 24.1 Å². The summed E-state index contributed by atoms with van der Waals surface area (Å²) in [7, 11) is 1.68. The molecule has 1 atom stereocenters. The first kappa shape index (κ1) is 12.2. The Balaban J connectivity index is 1.84. The molecule has 0 spiro atoms. The van der Waals surface area contributed by atoms with Crippen LogP contribution in [-0.2, 0) is 19.4 Å². The monoisotopic (exact) mass is 258 g/mol. The first-order valence-electron chi connectivity index (χ1n) is 6.55. The van der Waals surface area contributed by atoms with Crippen LogP contribution in [0, 0.1) is 0 Å². The van der Waals surface area contributed by atoms with Crippen LogP contribution >= 0.6 is 0 Å².